The number of nitrogens with one attached hydrogen (secondary N) is 1. The fraction of sp³-hybridized carbons (Fsp3) is 0.846. The monoisotopic (exact) mass is 208 g/mol. The van der Waals surface area contributed by atoms with Crippen LogP contribution < -0.4 is 5.32 Å². The Morgan fingerprint density at radius 1 is 1.33 bits per heavy atom. The standard InChI is InChI=1S/C13H24N2/c1-3-14-12-8-9-15(11(2)10-12)13-6-4-5-7-13/h4-5,11-14H,3,6-10H2,1-2H3. The van der Waals surface area contributed by atoms with E-state index in [0.717, 1.165) is 24.7 Å². The fourth-order valence-electron chi connectivity index (χ4n) is 3.08. The van der Waals surface area contributed by atoms with Crippen LogP contribution in [0.1, 0.15) is 39.5 Å². The Balaban J connectivity index is 1.83. The predicted molar refractivity (Wildman–Crippen MR) is 65.0 cm³/mol. The summed E-state index contributed by atoms with van der Waals surface area (Å²) in [5.74, 6) is 0. The maximum Gasteiger partial charge on any atom is 0.0167 e. The molecule has 15 heavy (non-hydrogen) atoms. The molecule has 2 atom stereocenters. The van der Waals surface area contributed by atoms with E-state index < -0.39 is 0 Å². The van der Waals surface area contributed by atoms with Gasteiger partial charge in [-0.3, -0.25) is 4.90 Å². The summed E-state index contributed by atoms with van der Waals surface area (Å²) in [7, 11) is 0. The van der Waals surface area contributed by atoms with Crippen LogP contribution >= 0.6 is 0 Å². The average molecular weight is 208 g/mol. The van der Waals surface area contributed by atoms with Gasteiger partial charge in [-0.15, -0.1) is 0 Å². The molecule has 1 heterocycles. The van der Waals surface area contributed by atoms with Gasteiger partial charge < -0.3 is 5.32 Å². The fourth-order valence-corrected chi connectivity index (χ4v) is 3.08. The summed E-state index contributed by atoms with van der Waals surface area (Å²) < 4.78 is 0. The molecule has 0 bridgehead atoms. The SMILES string of the molecule is CCNC1CCN(C2CC=CC2)C(C)C1. The van der Waals surface area contributed by atoms with E-state index in [1.165, 1.54) is 32.2 Å². The van der Waals surface area contributed by atoms with Crippen molar-refractivity contribution < 1.29 is 0 Å². The largest absolute Gasteiger partial charge is 0.314 e. The Morgan fingerprint density at radius 2 is 2.07 bits per heavy atom. The lowest BCUT2D eigenvalue weighted by molar-refractivity contribution is 0.0933. The molecule has 1 fully saturated rings. The molecule has 2 nitrogen and oxygen atoms in total. The second kappa shape index (κ2) is 5.13. The maximum atomic E-state index is 3.58. The van der Waals surface area contributed by atoms with Crippen LogP contribution in [-0.2, 0) is 0 Å². The molecule has 0 saturated carbocycles. The van der Waals surface area contributed by atoms with E-state index in [2.05, 4.69) is 36.2 Å². The van der Waals surface area contributed by atoms with Crippen LogP contribution in [0.4, 0.5) is 0 Å². The van der Waals surface area contributed by atoms with Gasteiger partial charge in [-0.05, 0) is 39.2 Å². The van der Waals surface area contributed by atoms with Gasteiger partial charge in [-0.25, -0.2) is 0 Å². The van der Waals surface area contributed by atoms with Crippen molar-refractivity contribution in [2.75, 3.05) is 13.1 Å². The van der Waals surface area contributed by atoms with Gasteiger partial charge in [0.1, 0.15) is 0 Å². The molecule has 1 saturated heterocycles. The number of nitrogens with zero attached hydrogens (tertiary/aromatic N) is 1. The van der Waals surface area contributed by atoms with Gasteiger partial charge in [0.05, 0.1) is 0 Å². The van der Waals surface area contributed by atoms with E-state index in [1.54, 1.807) is 0 Å². The van der Waals surface area contributed by atoms with Crippen molar-refractivity contribution in [2.24, 2.45) is 0 Å². The lowest BCUT2D eigenvalue weighted by Gasteiger charge is -2.41. The third-order valence-electron chi connectivity index (χ3n) is 3.87. The first kappa shape index (κ1) is 11.2. The minimum atomic E-state index is 0.757. The second-order valence-electron chi connectivity index (χ2n) is 4.96. The quantitative estimate of drug-likeness (QED) is 0.715. The first-order valence-electron chi connectivity index (χ1n) is 6.45. The molecule has 2 unspecified atom stereocenters. The first-order chi connectivity index (χ1) is 7.31. The molecular weight excluding hydrogens is 184 g/mol. The minimum absolute atomic E-state index is 0.757. The van der Waals surface area contributed by atoms with Crippen molar-refractivity contribution in [1.29, 1.82) is 0 Å². The summed E-state index contributed by atoms with van der Waals surface area (Å²) >= 11 is 0. The average Bonchev–Trinajstić information content (AvgIpc) is 2.71. The molecule has 2 aliphatic rings. The molecule has 0 aromatic heterocycles. The number of piperidine rings is 1. The van der Waals surface area contributed by atoms with Crippen LogP contribution in [0.15, 0.2) is 12.2 Å². The molecule has 1 aliphatic carbocycles. The topological polar surface area (TPSA) is 15.3 Å². The molecule has 0 aromatic carbocycles. The first-order valence-corrected chi connectivity index (χ1v) is 6.45. The highest BCUT2D eigenvalue weighted by Crippen LogP contribution is 2.25. The summed E-state index contributed by atoms with van der Waals surface area (Å²) in [6.45, 7) is 6.99. The second-order valence-corrected chi connectivity index (χ2v) is 4.96. The minimum Gasteiger partial charge on any atom is -0.314 e. The molecule has 1 N–H and O–H groups in total. The zero-order valence-corrected chi connectivity index (χ0v) is 10.1. The van der Waals surface area contributed by atoms with Gasteiger partial charge in [-0.1, -0.05) is 19.1 Å². The number of rotatable bonds is 3. The van der Waals surface area contributed by atoms with Crippen molar-refractivity contribution in [3.05, 3.63) is 12.2 Å². The summed E-state index contributed by atoms with van der Waals surface area (Å²) in [4.78, 5) is 2.72. The van der Waals surface area contributed by atoms with Gasteiger partial charge in [0.15, 0.2) is 0 Å². The Hall–Kier alpha value is -0.340. The van der Waals surface area contributed by atoms with Crippen molar-refractivity contribution >= 4 is 0 Å². The number of likely N-dealkylation sites (tertiary alicyclic amines) is 1. The Morgan fingerprint density at radius 3 is 2.67 bits per heavy atom. The third kappa shape index (κ3) is 2.61. The summed E-state index contributed by atoms with van der Waals surface area (Å²) in [5.41, 5.74) is 0. The molecule has 1 aliphatic heterocycles. The summed E-state index contributed by atoms with van der Waals surface area (Å²) in [6.07, 6.45) is 9.88. The molecule has 2 heteroatoms. The highest BCUT2D eigenvalue weighted by molar-refractivity contribution is 5.00. The van der Waals surface area contributed by atoms with Crippen molar-refractivity contribution in [2.45, 2.75) is 57.7 Å². The lowest BCUT2D eigenvalue weighted by Crippen LogP contribution is -2.50. The Labute approximate surface area is 93.7 Å². The lowest BCUT2D eigenvalue weighted by atomic mass is 9.96. The van der Waals surface area contributed by atoms with Crippen LogP contribution in [0.5, 0.6) is 0 Å². The van der Waals surface area contributed by atoms with E-state index >= 15 is 0 Å². The van der Waals surface area contributed by atoms with E-state index in [0.29, 0.717) is 0 Å². The van der Waals surface area contributed by atoms with Crippen LogP contribution in [0, 0.1) is 0 Å². The van der Waals surface area contributed by atoms with Gasteiger partial charge in [0, 0.05) is 24.7 Å². The van der Waals surface area contributed by atoms with E-state index in [9.17, 15) is 0 Å². The number of hydrogen-bond acceptors (Lipinski definition) is 2. The highest BCUT2D eigenvalue weighted by atomic mass is 15.2. The zero-order valence-electron chi connectivity index (χ0n) is 10.1. The Kier molecular flexibility index (Phi) is 3.81. The molecule has 0 radical (unpaired) electrons. The molecule has 86 valence electrons. The molecule has 0 aromatic rings. The highest BCUT2D eigenvalue weighted by Gasteiger charge is 2.29. The van der Waals surface area contributed by atoms with Crippen molar-refractivity contribution in [1.82, 2.24) is 10.2 Å². The van der Waals surface area contributed by atoms with Crippen LogP contribution in [0.3, 0.4) is 0 Å². The normalized spacial score (nSPS) is 33.7. The Bertz CT molecular complexity index is 217. The smallest absolute Gasteiger partial charge is 0.0167 e. The predicted octanol–water partition coefficient (Wildman–Crippen LogP) is 2.17. The van der Waals surface area contributed by atoms with Gasteiger partial charge in [0.25, 0.3) is 0 Å². The van der Waals surface area contributed by atoms with Crippen molar-refractivity contribution in [3.63, 3.8) is 0 Å². The van der Waals surface area contributed by atoms with E-state index in [1.807, 2.05) is 0 Å². The molecular formula is C13H24N2. The number of hydrogen-bond donors (Lipinski definition) is 1. The molecule has 2 rings (SSSR count). The van der Waals surface area contributed by atoms with Crippen LogP contribution in [-0.4, -0.2) is 36.1 Å². The van der Waals surface area contributed by atoms with Crippen LogP contribution in [0.25, 0.3) is 0 Å². The summed E-state index contributed by atoms with van der Waals surface area (Å²) in [6, 6.07) is 2.32. The third-order valence-corrected chi connectivity index (χ3v) is 3.87. The molecule has 0 spiro atoms. The maximum absolute atomic E-state index is 3.58. The van der Waals surface area contributed by atoms with Gasteiger partial charge in [-0.2, -0.15) is 0 Å². The molecule has 0 amide bonds. The summed E-state index contributed by atoms with van der Waals surface area (Å²) in [5, 5.41) is 3.58. The van der Waals surface area contributed by atoms with Crippen LogP contribution in [0.2, 0.25) is 0 Å². The van der Waals surface area contributed by atoms with Gasteiger partial charge in [0.2, 0.25) is 0 Å². The zero-order chi connectivity index (χ0) is 10.7. The van der Waals surface area contributed by atoms with E-state index in [4.69, 9.17) is 0 Å². The van der Waals surface area contributed by atoms with E-state index in [-0.39, 0.29) is 0 Å². The van der Waals surface area contributed by atoms with Gasteiger partial charge >= 0.3 is 0 Å². The van der Waals surface area contributed by atoms with Crippen molar-refractivity contribution in [3.8, 4) is 0 Å².